The average molecular weight is 262 g/mol. The lowest BCUT2D eigenvalue weighted by Gasteiger charge is -2.02. The molecule has 0 unspecified atom stereocenters. The largest absolute Gasteiger partial charge is 0.478 e. The summed E-state index contributed by atoms with van der Waals surface area (Å²) in [5, 5.41) is 21.2. The Morgan fingerprint density at radius 3 is 3.00 bits per heavy atom. The maximum Gasteiger partial charge on any atom is 0.335 e. The van der Waals surface area contributed by atoms with Crippen LogP contribution in [0.3, 0.4) is 0 Å². The van der Waals surface area contributed by atoms with E-state index in [0.29, 0.717) is 11.2 Å². The van der Waals surface area contributed by atoms with E-state index in [2.05, 4.69) is 15.5 Å². The highest BCUT2D eigenvalue weighted by atomic mass is 32.2. The van der Waals surface area contributed by atoms with Gasteiger partial charge in [0.2, 0.25) is 5.16 Å². The number of nitrogens with zero attached hydrogens (tertiary/aromatic N) is 4. The van der Waals surface area contributed by atoms with Gasteiger partial charge in [0, 0.05) is 4.90 Å². The van der Waals surface area contributed by atoms with Gasteiger partial charge in [-0.2, -0.15) is 0 Å². The number of aromatic nitrogens is 4. The number of carboxylic acids is 1. The van der Waals surface area contributed by atoms with E-state index in [-0.39, 0.29) is 5.56 Å². The first kappa shape index (κ1) is 11.2. The first-order chi connectivity index (χ1) is 8.74. The van der Waals surface area contributed by atoms with Gasteiger partial charge in [0.15, 0.2) is 0 Å². The zero-order chi connectivity index (χ0) is 12.5. The van der Waals surface area contributed by atoms with Crippen LogP contribution in [0, 0.1) is 0 Å². The third-order valence-corrected chi connectivity index (χ3v) is 3.59. The Labute approximate surface area is 107 Å². The molecule has 1 aromatic carbocycles. The number of aromatic carboxylic acids is 1. The number of rotatable bonds is 4. The lowest BCUT2D eigenvalue weighted by molar-refractivity contribution is 0.0696. The van der Waals surface area contributed by atoms with Crippen LogP contribution in [0.1, 0.15) is 29.2 Å². The Bertz CT molecular complexity index is 594. The summed E-state index contributed by atoms with van der Waals surface area (Å²) in [5.41, 5.74) is 0.269. The molecule has 2 aromatic rings. The minimum Gasteiger partial charge on any atom is -0.478 e. The monoisotopic (exact) mass is 262 g/mol. The van der Waals surface area contributed by atoms with Crippen LogP contribution in [0.2, 0.25) is 0 Å². The highest BCUT2D eigenvalue weighted by Gasteiger charge is 2.28. The first-order valence-corrected chi connectivity index (χ1v) is 6.35. The fraction of sp³-hybridized carbons (Fsp3) is 0.273. The molecule has 18 heavy (non-hydrogen) atoms. The van der Waals surface area contributed by atoms with Gasteiger partial charge in [0.25, 0.3) is 0 Å². The van der Waals surface area contributed by atoms with Crippen molar-refractivity contribution >= 4 is 17.7 Å². The van der Waals surface area contributed by atoms with E-state index in [4.69, 9.17) is 5.11 Å². The third-order valence-electron chi connectivity index (χ3n) is 2.65. The molecule has 1 fully saturated rings. The normalized spacial score (nSPS) is 14.7. The summed E-state index contributed by atoms with van der Waals surface area (Å²) in [5.74, 6) is -0.931. The van der Waals surface area contributed by atoms with Crippen molar-refractivity contribution < 1.29 is 9.90 Å². The molecule has 1 aromatic heterocycles. The molecule has 1 N–H and O–H groups in total. The molecule has 0 atom stereocenters. The Hall–Kier alpha value is -1.89. The molecule has 0 aliphatic heterocycles. The molecule has 0 radical (unpaired) electrons. The van der Waals surface area contributed by atoms with Crippen molar-refractivity contribution in [1.82, 2.24) is 20.2 Å². The maximum atomic E-state index is 10.9. The molecule has 1 aliphatic rings. The SMILES string of the molecule is O=C(O)c1cccc(Sc2nnnn2C2CC2)c1. The number of benzene rings is 1. The molecule has 1 saturated carbocycles. The molecule has 0 amide bonds. The Balaban J connectivity index is 1.85. The number of carboxylic acid groups (broad SMARTS) is 1. The van der Waals surface area contributed by atoms with Crippen LogP contribution in [-0.4, -0.2) is 31.3 Å². The van der Waals surface area contributed by atoms with Gasteiger partial charge in [-0.05, 0) is 53.2 Å². The van der Waals surface area contributed by atoms with E-state index >= 15 is 0 Å². The van der Waals surface area contributed by atoms with Gasteiger partial charge in [-0.25, -0.2) is 9.48 Å². The Kier molecular flexibility index (Phi) is 2.75. The predicted molar refractivity (Wildman–Crippen MR) is 63.6 cm³/mol. The van der Waals surface area contributed by atoms with E-state index in [1.807, 2.05) is 6.07 Å². The van der Waals surface area contributed by atoms with Crippen LogP contribution >= 0.6 is 11.8 Å². The van der Waals surface area contributed by atoms with Crippen LogP contribution in [0.4, 0.5) is 0 Å². The Morgan fingerprint density at radius 1 is 1.44 bits per heavy atom. The molecule has 7 heteroatoms. The van der Waals surface area contributed by atoms with E-state index in [1.165, 1.54) is 11.8 Å². The van der Waals surface area contributed by atoms with Crippen molar-refractivity contribution in [1.29, 1.82) is 0 Å². The summed E-state index contributed by atoms with van der Waals surface area (Å²) in [6, 6.07) is 7.17. The minimum atomic E-state index is -0.931. The van der Waals surface area contributed by atoms with Crippen LogP contribution in [-0.2, 0) is 0 Å². The van der Waals surface area contributed by atoms with Crippen molar-refractivity contribution in [2.45, 2.75) is 28.9 Å². The molecule has 6 nitrogen and oxygen atoms in total. The first-order valence-electron chi connectivity index (χ1n) is 5.53. The van der Waals surface area contributed by atoms with Gasteiger partial charge in [0.1, 0.15) is 0 Å². The second kappa shape index (κ2) is 4.41. The number of hydrogen-bond acceptors (Lipinski definition) is 5. The molecule has 0 spiro atoms. The summed E-state index contributed by atoms with van der Waals surface area (Å²) >= 11 is 1.38. The molecule has 1 heterocycles. The molecular weight excluding hydrogens is 252 g/mol. The topological polar surface area (TPSA) is 80.9 Å². The van der Waals surface area contributed by atoms with Crippen LogP contribution in [0.15, 0.2) is 34.3 Å². The zero-order valence-electron chi connectivity index (χ0n) is 9.35. The van der Waals surface area contributed by atoms with Crippen LogP contribution in [0.25, 0.3) is 0 Å². The minimum absolute atomic E-state index is 0.269. The second-order valence-electron chi connectivity index (χ2n) is 4.07. The number of tetrazole rings is 1. The van der Waals surface area contributed by atoms with Crippen LogP contribution in [0.5, 0.6) is 0 Å². The molecule has 92 valence electrons. The number of hydrogen-bond donors (Lipinski definition) is 1. The zero-order valence-corrected chi connectivity index (χ0v) is 10.2. The van der Waals surface area contributed by atoms with Gasteiger partial charge >= 0.3 is 5.97 Å². The molecule has 3 rings (SSSR count). The standard InChI is InChI=1S/C11H10N4O2S/c16-10(17)7-2-1-3-9(6-7)18-11-12-13-14-15(11)8-4-5-8/h1-3,6,8H,4-5H2,(H,16,17). The van der Waals surface area contributed by atoms with Gasteiger partial charge in [-0.1, -0.05) is 6.07 Å². The van der Waals surface area contributed by atoms with Crippen molar-refractivity contribution in [2.24, 2.45) is 0 Å². The molecule has 0 bridgehead atoms. The molecule has 0 saturated heterocycles. The quantitative estimate of drug-likeness (QED) is 0.905. The predicted octanol–water partition coefficient (Wildman–Crippen LogP) is 1.86. The van der Waals surface area contributed by atoms with Crippen molar-refractivity contribution in [2.75, 3.05) is 0 Å². The van der Waals surface area contributed by atoms with E-state index in [0.717, 1.165) is 17.7 Å². The fourth-order valence-electron chi connectivity index (χ4n) is 1.60. The lowest BCUT2D eigenvalue weighted by atomic mass is 10.2. The highest BCUT2D eigenvalue weighted by Crippen LogP contribution is 2.37. The smallest absolute Gasteiger partial charge is 0.335 e. The van der Waals surface area contributed by atoms with Gasteiger partial charge in [0.05, 0.1) is 11.6 Å². The van der Waals surface area contributed by atoms with Crippen molar-refractivity contribution in [3.63, 3.8) is 0 Å². The highest BCUT2D eigenvalue weighted by molar-refractivity contribution is 7.99. The number of carbonyl (C=O) groups is 1. The van der Waals surface area contributed by atoms with E-state index < -0.39 is 5.97 Å². The fourth-order valence-corrected chi connectivity index (χ4v) is 2.50. The van der Waals surface area contributed by atoms with Crippen molar-refractivity contribution in [3.05, 3.63) is 29.8 Å². The summed E-state index contributed by atoms with van der Waals surface area (Å²) in [7, 11) is 0. The summed E-state index contributed by atoms with van der Waals surface area (Å²) in [6.07, 6.45) is 2.21. The average Bonchev–Trinajstić information content (AvgIpc) is 3.11. The maximum absolute atomic E-state index is 10.9. The molecule has 1 aliphatic carbocycles. The van der Waals surface area contributed by atoms with Gasteiger partial charge in [-0.15, -0.1) is 5.10 Å². The van der Waals surface area contributed by atoms with Gasteiger partial charge < -0.3 is 5.11 Å². The van der Waals surface area contributed by atoms with Crippen LogP contribution < -0.4 is 0 Å². The second-order valence-corrected chi connectivity index (χ2v) is 5.11. The van der Waals surface area contributed by atoms with Crippen molar-refractivity contribution in [3.8, 4) is 0 Å². The lowest BCUT2D eigenvalue weighted by Crippen LogP contribution is -1.99. The Morgan fingerprint density at radius 2 is 2.28 bits per heavy atom. The summed E-state index contributed by atoms with van der Waals surface area (Å²) in [6.45, 7) is 0. The summed E-state index contributed by atoms with van der Waals surface area (Å²) in [4.78, 5) is 11.7. The van der Waals surface area contributed by atoms with E-state index in [9.17, 15) is 4.79 Å². The summed E-state index contributed by atoms with van der Waals surface area (Å²) < 4.78 is 1.80. The van der Waals surface area contributed by atoms with Gasteiger partial charge in [-0.3, -0.25) is 0 Å². The molecular formula is C11H10N4O2S. The third kappa shape index (κ3) is 2.21. The van der Waals surface area contributed by atoms with E-state index in [1.54, 1.807) is 22.9 Å².